The van der Waals surface area contributed by atoms with Gasteiger partial charge in [-0.2, -0.15) is 11.8 Å². The Hall–Kier alpha value is 2.06. The molecular formula is C7H14KNOS3. The number of ether oxygens (including phenoxy) is 1. The zero-order valence-electron chi connectivity index (χ0n) is 8.17. The third-order valence-electron chi connectivity index (χ3n) is 1.09. The normalized spacial score (nSPS) is 9.00. The van der Waals surface area contributed by atoms with Crippen molar-refractivity contribution in [2.75, 3.05) is 31.3 Å². The third-order valence-corrected chi connectivity index (χ3v) is 2.24. The molecular weight excluding hydrogens is 249 g/mol. The fourth-order valence-corrected chi connectivity index (χ4v) is 1.32. The molecule has 13 heavy (non-hydrogen) atoms. The maximum atomic E-state index is 5.30. The van der Waals surface area contributed by atoms with E-state index in [1.54, 1.807) is 0 Å². The van der Waals surface area contributed by atoms with Gasteiger partial charge in [-0.25, -0.2) is 0 Å². The van der Waals surface area contributed by atoms with Crippen LogP contribution in [0.2, 0.25) is 0 Å². The van der Waals surface area contributed by atoms with E-state index in [0.29, 0.717) is 10.9 Å². The maximum Gasteiger partial charge on any atom is 1.00 e. The molecule has 72 valence electrons. The van der Waals surface area contributed by atoms with Gasteiger partial charge in [-0.15, -0.1) is 0 Å². The van der Waals surface area contributed by atoms with Gasteiger partial charge in [0.05, 0.1) is 13.2 Å². The second-order valence-electron chi connectivity index (χ2n) is 2.02. The van der Waals surface area contributed by atoms with Crippen molar-refractivity contribution in [2.24, 2.45) is 0 Å². The van der Waals surface area contributed by atoms with Crippen LogP contribution >= 0.6 is 24.0 Å². The predicted octanol–water partition coefficient (Wildman–Crippen LogP) is -1.82. The van der Waals surface area contributed by atoms with Crippen LogP contribution in [0.3, 0.4) is 0 Å². The first kappa shape index (κ1) is 17.5. The molecule has 0 atom stereocenters. The van der Waals surface area contributed by atoms with Gasteiger partial charge in [-0.1, -0.05) is 11.2 Å². The fraction of sp³-hybridized carbons (Fsp3) is 0.857. The molecule has 0 saturated heterocycles. The Balaban J connectivity index is 0. The quantitative estimate of drug-likeness (QED) is 0.252. The topological polar surface area (TPSA) is 21.3 Å². The van der Waals surface area contributed by atoms with Crippen molar-refractivity contribution in [1.82, 2.24) is 5.32 Å². The minimum absolute atomic E-state index is 0. The van der Waals surface area contributed by atoms with E-state index in [-0.39, 0.29) is 51.4 Å². The monoisotopic (exact) mass is 263 g/mol. The van der Waals surface area contributed by atoms with E-state index in [4.69, 9.17) is 4.74 Å². The molecule has 1 N–H and O–H groups in total. The van der Waals surface area contributed by atoms with Crippen LogP contribution in [0.1, 0.15) is 6.92 Å². The van der Waals surface area contributed by atoms with Crippen molar-refractivity contribution in [3.8, 4) is 0 Å². The summed E-state index contributed by atoms with van der Waals surface area (Å²) in [7, 11) is 0. The molecule has 2 nitrogen and oxygen atoms in total. The molecule has 0 aliphatic carbocycles. The van der Waals surface area contributed by atoms with Crippen LogP contribution in [-0.4, -0.2) is 35.6 Å². The molecule has 0 aromatic carbocycles. The Morgan fingerprint density at radius 1 is 1.54 bits per heavy atom. The first-order valence-corrected chi connectivity index (χ1v) is 5.84. The standard InChI is InChI=1S/C7H15NOS3.K/c1-2-12-6-5-9-4-3-8-7(10)11;/h2-6H2,1H3,(H2,8,10,11);/q;+1/p-1. The molecule has 0 radical (unpaired) electrons. The van der Waals surface area contributed by atoms with Crippen LogP contribution in [-0.2, 0) is 17.4 Å². The van der Waals surface area contributed by atoms with Crippen LogP contribution < -0.4 is 56.7 Å². The van der Waals surface area contributed by atoms with Crippen LogP contribution in [0.15, 0.2) is 0 Å². The number of thioether (sulfide) groups is 1. The van der Waals surface area contributed by atoms with E-state index in [1.807, 2.05) is 11.8 Å². The fourth-order valence-electron chi connectivity index (χ4n) is 0.590. The molecule has 0 heterocycles. The molecule has 0 unspecified atom stereocenters. The van der Waals surface area contributed by atoms with E-state index in [9.17, 15) is 0 Å². The summed E-state index contributed by atoms with van der Waals surface area (Å²) in [5.74, 6) is 2.21. The Labute approximate surface area is 138 Å². The average Bonchev–Trinajstić information content (AvgIpc) is 2.02. The van der Waals surface area contributed by atoms with Crippen molar-refractivity contribution in [2.45, 2.75) is 6.92 Å². The molecule has 0 aliphatic rings. The number of hydrogen-bond acceptors (Lipinski definition) is 4. The summed E-state index contributed by atoms with van der Waals surface area (Å²) in [6.45, 7) is 4.35. The molecule has 0 rings (SSSR count). The van der Waals surface area contributed by atoms with Gasteiger partial charge in [0, 0.05) is 12.3 Å². The van der Waals surface area contributed by atoms with E-state index in [1.165, 1.54) is 0 Å². The van der Waals surface area contributed by atoms with Gasteiger partial charge < -0.3 is 34.9 Å². The Bertz CT molecular complexity index is 126. The second kappa shape index (κ2) is 14.1. The van der Waals surface area contributed by atoms with Gasteiger partial charge in [0.1, 0.15) is 0 Å². The summed E-state index contributed by atoms with van der Waals surface area (Å²) >= 11 is 11.2. The van der Waals surface area contributed by atoms with Crippen molar-refractivity contribution in [3.05, 3.63) is 0 Å². The van der Waals surface area contributed by atoms with Gasteiger partial charge in [-0.05, 0) is 5.75 Å². The van der Waals surface area contributed by atoms with Crippen LogP contribution in [0.5, 0.6) is 0 Å². The zero-order chi connectivity index (χ0) is 9.23. The van der Waals surface area contributed by atoms with Crippen molar-refractivity contribution in [1.29, 1.82) is 0 Å². The van der Waals surface area contributed by atoms with Gasteiger partial charge in [0.25, 0.3) is 0 Å². The molecule has 6 heteroatoms. The van der Waals surface area contributed by atoms with Crippen LogP contribution in [0, 0.1) is 0 Å². The van der Waals surface area contributed by atoms with Gasteiger partial charge in [0.15, 0.2) is 0 Å². The molecule has 0 spiro atoms. The van der Waals surface area contributed by atoms with E-state index < -0.39 is 0 Å². The van der Waals surface area contributed by atoms with Crippen molar-refractivity contribution >= 4 is 40.9 Å². The Morgan fingerprint density at radius 2 is 2.23 bits per heavy atom. The van der Waals surface area contributed by atoms with Gasteiger partial charge >= 0.3 is 51.4 Å². The number of thiocarbonyl (C=S) groups is 1. The summed E-state index contributed by atoms with van der Waals surface area (Å²) in [4.78, 5) is 0. The Morgan fingerprint density at radius 3 is 2.77 bits per heavy atom. The molecule has 0 bridgehead atoms. The largest absolute Gasteiger partial charge is 1.00 e. The Kier molecular flexibility index (Phi) is 18.9. The summed E-state index contributed by atoms with van der Waals surface area (Å²) in [5.41, 5.74) is 0. The number of rotatable bonds is 7. The van der Waals surface area contributed by atoms with Gasteiger partial charge in [0.2, 0.25) is 0 Å². The van der Waals surface area contributed by atoms with Crippen LogP contribution in [0.25, 0.3) is 0 Å². The molecule has 0 amide bonds. The smallest absolute Gasteiger partial charge is 0.412 e. The summed E-state index contributed by atoms with van der Waals surface area (Å²) in [6.07, 6.45) is 0. The van der Waals surface area contributed by atoms with Gasteiger partial charge in [-0.3, -0.25) is 0 Å². The van der Waals surface area contributed by atoms with Crippen LogP contribution in [0.4, 0.5) is 0 Å². The zero-order valence-corrected chi connectivity index (χ0v) is 13.7. The summed E-state index contributed by atoms with van der Waals surface area (Å²) in [6, 6.07) is 0. The first-order valence-electron chi connectivity index (χ1n) is 3.87. The molecule has 0 fully saturated rings. The molecule has 0 saturated carbocycles. The van der Waals surface area contributed by atoms with E-state index >= 15 is 0 Å². The molecule has 0 aliphatic heterocycles. The predicted molar refractivity (Wildman–Crippen MR) is 61.8 cm³/mol. The number of hydrogen-bond donors (Lipinski definition) is 1. The summed E-state index contributed by atoms with van der Waals surface area (Å²) in [5, 5.41) is 2.85. The second-order valence-corrected chi connectivity index (χ2v) is 4.49. The minimum atomic E-state index is 0. The molecule has 0 aromatic heterocycles. The average molecular weight is 263 g/mol. The van der Waals surface area contributed by atoms with Crippen molar-refractivity contribution < 1.29 is 56.1 Å². The minimum Gasteiger partial charge on any atom is -0.412 e. The summed E-state index contributed by atoms with van der Waals surface area (Å²) < 4.78 is 5.71. The third kappa shape index (κ3) is 16.7. The SMILES string of the molecule is CCSCCOCCNC(=S)[S-].[K+]. The van der Waals surface area contributed by atoms with E-state index in [2.05, 4.69) is 37.1 Å². The maximum absolute atomic E-state index is 5.30. The first-order chi connectivity index (χ1) is 5.77. The van der Waals surface area contributed by atoms with Crippen molar-refractivity contribution in [3.63, 3.8) is 0 Å². The number of nitrogens with one attached hydrogen (secondary N) is 1. The van der Waals surface area contributed by atoms with E-state index in [0.717, 1.165) is 24.7 Å². The molecule has 0 aromatic rings.